The van der Waals surface area contributed by atoms with Crippen LogP contribution >= 0.6 is 11.3 Å². The van der Waals surface area contributed by atoms with Crippen LogP contribution in [0.2, 0.25) is 0 Å². The molecule has 0 spiro atoms. The number of nitrogens with zero attached hydrogens (tertiary/aromatic N) is 5. The van der Waals surface area contributed by atoms with Crippen LogP contribution < -0.4 is 0 Å². The van der Waals surface area contributed by atoms with E-state index in [1.54, 1.807) is 29.2 Å². The molecular weight excluding hydrogens is 465 g/mol. The highest BCUT2D eigenvalue weighted by molar-refractivity contribution is 7.92. The first-order valence-electron chi connectivity index (χ1n) is 10.1. The molecule has 0 aliphatic carbocycles. The van der Waals surface area contributed by atoms with E-state index >= 15 is 0 Å². The highest BCUT2D eigenvalue weighted by Crippen LogP contribution is 2.39. The number of fused-ring (bicyclic) bond motifs is 1. The summed E-state index contributed by atoms with van der Waals surface area (Å²) in [6, 6.07) is 7.63. The molecular formula is C22H16FN5O3S2. The first-order chi connectivity index (χ1) is 15.9. The van der Waals surface area contributed by atoms with Gasteiger partial charge in [-0.2, -0.15) is 5.10 Å². The fourth-order valence-electron chi connectivity index (χ4n) is 3.93. The summed E-state index contributed by atoms with van der Waals surface area (Å²) < 4.78 is 44.7. The van der Waals surface area contributed by atoms with E-state index in [1.165, 1.54) is 29.8 Å². The molecule has 1 fully saturated rings. The van der Waals surface area contributed by atoms with Gasteiger partial charge in [0, 0.05) is 23.5 Å². The summed E-state index contributed by atoms with van der Waals surface area (Å²) in [4.78, 5) is 13.9. The Hall–Kier alpha value is -3.44. The first kappa shape index (κ1) is 20.2. The second-order valence-electron chi connectivity index (χ2n) is 7.90. The second kappa shape index (κ2) is 7.29. The van der Waals surface area contributed by atoms with Gasteiger partial charge in [0.25, 0.3) is 0 Å². The predicted molar refractivity (Wildman–Crippen MR) is 122 cm³/mol. The van der Waals surface area contributed by atoms with E-state index in [0.717, 1.165) is 9.88 Å². The molecule has 8 nitrogen and oxygen atoms in total. The van der Waals surface area contributed by atoms with Crippen LogP contribution in [0.1, 0.15) is 11.0 Å². The summed E-state index contributed by atoms with van der Waals surface area (Å²) in [6.07, 6.45) is 4.97. The Kier molecular flexibility index (Phi) is 4.46. The van der Waals surface area contributed by atoms with Crippen molar-refractivity contribution in [3.8, 4) is 33.2 Å². The molecule has 0 atom stereocenters. The standard InChI is InChI=1S/C22H16FN5O3S2/c1-12-24-7-19(32-12)18-6-16-21(25-11-26-22(16)31-18)17-8-28(15-9-33(29,30)10-15)27-20(17)13-2-4-14(23)5-3-13/h2-8,11,15H,9-10H2,1H3. The number of benzene rings is 1. The lowest BCUT2D eigenvalue weighted by atomic mass is 10.0. The Morgan fingerprint density at radius 2 is 1.91 bits per heavy atom. The zero-order valence-electron chi connectivity index (χ0n) is 17.3. The number of hydrogen-bond donors (Lipinski definition) is 0. The van der Waals surface area contributed by atoms with Crippen molar-refractivity contribution in [2.24, 2.45) is 0 Å². The van der Waals surface area contributed by atoms with Crippen LogP contribution in [-0.4, -0.2) is 44.7 Å². The van der Waals surface area contributed by atoms with Crippen molar-refractivity contribution >= 4 is 32.3 Å². The minimum atomic E-state index is -3.03. The van der Waals surface area contributed by atoms with Gasteiger partial charge in [-0.3, -0.25) is 4.68 Å². The second-order valence-corrected chi connectivity index (χ2v) is 11.3. The third kappa shape index (κ3) is 3.53. The summed E-state index contributed by atoms with van der Waals surface area (Å²) in [7, 11) is -3.03. The highest BCUT2D eigenvalue weighted by atomic mass is 32.2. The lowest BCUT2D eigenvalue weighted by Crippen LogP contribution is -2.38. The van der Waals surface area contributed by atoms with Crippen molar-refractivity contribution in [3.63, 3.8) is 0 Å². The molecule has 5 heterocycles. The van der Waals surface area contributed by atoms with Gasteiger partial charge in [0.1, 0.15) is 23.6 Å². The van der Waals surface area contributed by atoms with Crippen LogP contribution in [0.15, 0.2) is 53.5 Å². The Morgan fingerprint density at radius 1 is 1.12 bits per heavy atom. The van der Waals surface area contributed by atoms with E-state index in [9.17, 15) is 12.8 Å². The average Bonchev–Trinajstić information content (AvgIpc) is 3.49. The van der Waals surface area contributed by atoms with Crippen molar-refractivity contribution < 1.29 is 17.2 Å². The van der Waals surface area contributed by atoms with E-state index in [-0.39, 0.29) is 23.4 Å². The van der Waals surface area contributed by atoms with Gasteiger partial charge in [0.05, 0.1) is 38.5 Å². The Labute approximate surface area is 191 Å². The lowest BCUT2D eigenvalue weighted by Gasteiger charge is -2.25. The Balaban J connectivity index is 1.52. The van der Waals surface area contributed by atoms with E-state index in [4.69, 9.17) is 4.42 Å². The quantitative estimate of drug-likeness (QED) is 0.377. The molecule has 0 amide bonds. The number of sulfone groups is 1. The molecule has 4 aromatic heterocycles. The van der Waals surface area contributed by atoms with Crippen LogP contribution in [0.4, 0.5) is 4.39 Å². The minimum absolute atomic E-state index is 0.0384. The zero-order valence-corrected chi connectivity index (χ0v) is 18.9. The van der Waals surface area contributed by atoms with Gasteiger partial charge in [0.15, 0.2) is 9.84 Å². The predicted octanol–water partition coefficient (Wildman–Crippen LogP) is 4.29. The van der Waals surface area contributed by atoms with Gasteiger partial charge in [-0.05, 0) is 37.3 Å². The summed E-state index contributed by atoms with van der Waals surface area (Å²) in [6.45, 7) is 1.92. The minimum Gasteiger partial charge on any atom is -0.437 e. The molecule has 11 heteroatoms. The van der Waals surface area contributed by atoms with Gasteiger partial charge in [-0.1, -0.05) is 0 Å². The maximum Gasteiger partial charge on any atom is 0.230 e. The number of halogens is 1. The van der Waals surface area contributed by atoms with Crippen molar-refractivity contribution in [1.29, 1.82) is 0 Å². The number of aromatic nitrogens is 5. The van der Waals surface area contributed by atoms with Crippen molar-refractivity contribution in [2.45, 2.75) is 13.0 Å². The molecule has 1 aromatic carbocycles. The third-order valence-electron chi connectivity index (χ3n) is 5.57. The Morgan fingerprint density at radius 3 is 2.61 bits per heavy atom. The summed E-state index contributed by atoms with van der Waals surface area (Å²) in [5.74, 6) is 0.361. The normalized spacial score (nSPS) is 15.7. The number of rotatable bonds is 4. The van der Waals surface area contributed by atoms with Crippen LogP contribution in [0.25, 0.3) is 44.3 Å². The number of furan rings is 1. The van der Waals surface area contributed by atoms with Gasteiger partial charge >= 0.3 is 0 Å². The molecule has 33 heavy (non-hydrogen) atoms. The van der Waals surface area contributed by atoms with E-state index in [1.807, 2.05) is 13.0 Å². The van der Waals surface area contributed by atoms with Crippen LogP contribution in [0.5, 0.6) is 0 Å². The topological polar surface area (TPSA) is 104 Å². The number of thiazole rings is 1. The van der Waals surface area contributed by atoms with Gasteiger partial charge < -0.3 is 4.42 Å². The SMILES string of the molecule is Cc1ncc(-c2cc3c(-c4cn(C5CS(=O)(=O)C5)nc4-c4ccc(F)cc4)ncnc3o2)s1. The van der Waals surface area contributed by atoms with E-state index in [0.29, 0.717) is 39.4 Å². The lowest BCUT2D eigenvalue weighted by molar-refractivity contribution is 0.474. The molecule has 6 rings (SSSR count). The van der Waals surface area contributed by atoms with E-state index in [2.05, 4.69) is 20.1 Å². The smallest absolute Gasteiger partial charge is 0.230 e. The van der Waals surface area contributed by atoms with E-state index < -0.39 is 9.84 Å². The summed E-state index contributed by atoms with van der Waals surface area (Å²) in [5.41, 5.74) is 2.98. The molecule has 0 radical (unpaired) electrons. The average molecular weight is 482 g/mol. The molecule has 1 aliphatic rings. The molecule has 166 valence electrons. The Bertz CT molecular complexity index is 1610. The van der Waals surface area contributed by atoms with Crippen LogP contribution in [0.3, 0.4) is 0 Å². The van der Waals surface area contributed by atoms with Gasteiger partial charge in [-0.15, -0.1) is 11.3 Å². The monoisotopic (exact) mass is 481 g/mol. The molecule has 0 N–H and O–H groups in total. The number of aryl methyl sites for hydroxylation is 1. The zero-order chi connectivity index (χ0) is 22.7. The van der Waals surface area contributed by atoms with Gasteiger partial charge in [0.2, 0.25) is 5.71 Å². The van der Waals surface area contributed by atoms with Crippen molar-refractivity contribution in [2.75, 3.05) is 11.5 Å². The fourth-order valence-corrected chi connectivity index (χ4v) is 6.04. The molecule has 0 bridgehead atoms. The van der Waals surface area contributed by atoms with Crippen molar-refractivity contribution in [3.05, 3.63) is 59.9 Å². The number of hydrogen-bond acceptors (Lipinski definition) is 8. The van der Waals surface area contributed by atoms with Crippen molar-refractivity contribution in [1.82, 2.24) is 24.7 Å². The molecule has 0 saturated carbocycles. The maximum absolute atomic E-state index is 13.6. The summed E-state index contributed by atoms with van der Waals surface area (Å²) in [5, 5.41) is 6.30. The molecule has 5 aromatic rings. The molecule has 0 unspecified atom stereocenters. The van der Waals surface area contributed by atoms with Gasteiger partial charge in [-0.25, -0.2) is 27.8 Å². The maximum atomic E-state index is 13.6. The fraction of sp³-hybridized carbons (Fsp3) is 0.182. The van der Waals surface area contributed by atoms with Crippen LogP contribution in [-0.2, 0) is 9.84 Å². The van der Waals surface area contributed by atoms with Crippen LogP contribution in [0, 0.1) is 12.7 Å². The third-order valence-corrected chi connectivity index (χ3v) is 8.28. The summed E-state index contributed by atoms with van der Waals surface area (Å²) >= 11 is 1.52. The molecule has 1 saturated heterocycles. The first-order valence-corrected chi connectivity index (χ1v) is 12.7. The highest BCUT2D eigenvalue weighted by Gasteiger charge is 2.36. The molecule has 1 aliphatic heterocycles. The largest absolute Gasteiger partial charge is 0.437 e.